The van der Waals surface area contributed by atoms with Gasteiger partial charge < -0.3 is 9.47 Å². The van der Waals surface area contributed by atoms with Crippen LogP contribution in [0.3, 0.4) is 0 Å². The van der Waals surface area contributed by atoms with E-state index >= 15 is 0 Å². The summed E-state index contributed by atoms with van der Waals surface area (Å²) in [6, 6.07) is 16.7. The fourth-order valence-corrected chi connectivity index (χ4v) is 3.06. The highest BCUT2D eigenvalue weighted by Gasteiger charge is 2.22. The normalized spacial score (nSPS) is 10.5. The molecule has 0 unspecified atom stereocenters. The number of benzene rings is 2. The third-order valence-corrected chi connectivity index (χ3v) is 4.50. The average molecular weight is 378 g/mol. The number of hydrogen-bond acceptors (Lipinski definition) is 5. The monoisotopic (exact) mass is 378 g/mol. The molecule has 0 atom stereocenters. The molecule has 0 fully saturated rings. The molecule has 0 saturated carbocycles. The van der Waals surface area contributed by atoms with Gasteiger partial charge >= 0.3 is 5.97 Å². The van der Waals surface area contributed by atoms with Crippen LogP contribution in [-0.4, -0.2) is 35.2 Å². The Morgan fingerprint density at radius 3 is 2.39 bits per heavy atom. The Labute approximate surface area is 163 Å². The van der Waals surface area contributed by atoms with Crippen LogP contribution in [0, 0.1) is 13.8 Å². The van der Waals surface area contributed by atoms with E-state index in [9.17, 15) is 9.59 Å². The number of ketones is 1. The topological polar surface area (TPSA) is 70.4 Å². The predicted molar refractivity (Wildman–Crippen MR) is 105 cm³/mol. The minimum absolute atomic E-state index is 0.321. The summed E-state index contributed by atoms with van der Waals surface area (Å²) >= 11 is 0. The van der Waals surface area contributed by atoms with Crippen molar-refractivity contribution in [1.29, 1.82) is 0 Å². The van der Waals surface area contributed by atoms with E-state index in [0.717, 1.165) is 5.56 Å². The number of carbonyl (C=O) groups excluding carboxylic acids is 2. The van der Waals surface area contributed by atoms with Crippen molar-refractivity contribution in [3.63, 3.8) is 0 Å². The van der Waals surface area contributed by atoms with E-state index in [1.807, 2.05) is 37.3 Å². The van der Waals surface area contributed by atoms with E-state index in [2.05, 4.69) is 5.10 Å². The van der Waals surface area contributed by atoms with Crippen LogP contribution in [-0.2, 0) is 11.3 Å². The summed E-state index contributed by atoms with van der Waals surface area (Å²) in [5.74, 6) is -0.429. The predicted octanol–water partition coefficient (Wildman–Crippen LogP) is 3.60. The SMILES string of the molecule is COc1ccccc1C(=O)COC(=O)c1c(C)nn(Cc2ccccc2)c1C. The second kappa shape index (κ2) is 8.52. The van der Waals surface area contributed by atoms with Crippen molar-refractivity contribution < 1.29 is 19.1 Å². The van der Waals surface area contributed by atoms with E-state index < -0.39 is 5.97 Å². The lowest BCUT2D eigenvalue weighted by Gasteiger charge is -2.08. The molecule has 1 heterocycles. The van der Waals surface area contributed by atoms with E-state index in [4.69, 9.17) is 9.47 Å². The molecule has 0 amide bonds. The maximum absolute atomic E-state index is 12.6. The van der Waals surface area contributed by atoms with Crippen molar-refractivity contribution in [2.45, 2.75) is 20.4 Å². The second-order valence-corrected chi connectivity index (χ2v) is 6.39. The third kappa shape index (κ3) is 4.11. The molecular weight excluding hydrogens is 356 g/mol. The van der Waals surface area contributed by atoms with Crippen LogP contribution < -0.4 is 4.74 Å². The quantitative estimate of drug-likeness (QED) is 0.464. The van der Waals surface area contributed by atoms with Crippen LogP contribution in [0.1, 0.15) is 37.7 Å². The number of hydrogen-bond donors (Lipinski definition) is 0. The highest BCUT2D eigenvalue weighted by Crippen LogP contribution is 2.19. The lowest BCUT2D eigenvalue weighted by atomic mass is 10.1. The first-order valence-electron chi connectivity index (χ1n) is 8.92. The Balaban J connectivity index is 1.72. The Morgan fingerprint density at radius 1 is 1.00 bits per heavy atom. The van der Waals surface area contributed by atoms with Crippen molar-refractivity contribution in [3.8, 4) is 5.75 Å². The fraction of sp³-hybridized carbons (Fsp3) is 0.227. The molecule has 3 aromatic rings. The minimum atomic E-state index is -0.558. The molecule has 144 valence electrons. The van der Waals surface area contributed by atoms with Crippen LogP contribution in [0.2, 0.25) is 0 Å². The highest BCUT2D eigenvalue weighted by molar-refractivity contribution is 6.01. The first-order chi connectivity index (χ1) is 13.5. The lowest BCUT2D eigenvalue weighted by Crippen LogP contribution is -2.16. The number of esters is 1. The largest absolute Gasteiger partial charge is 0.496 e. The number of aryl methyl sites for hydroxylation is 1. The molecule has 0 radical (unpaired) electrons. The van der Waals surface area contributed by atoms with E-state index in [0.29, 0.717) is 34.8 Å². The molecule has 0 aliphatic rings. The van der Waals surface area contributed by atoms with Gasteiger partial charge in [-0.05, 0) is 31.5 Å². The molecule has 6 heteroatoms. The van der Waals surface area contributed by atoms with Gasteiger partial charge in [0.15, 0.2) is 6.61 Å². The first kappa shape index (κ1) is 19.4. The van der Waals surface area contributed by atoms with Crippen LogP contribution in [0.15, 0.2) is 54.6 Å². The van der Waals surface area contributed by atoms with E-state index in [1.165, 1.54) is 7.11 Å². The van der Waals surface area contributed by atoms with Crippen LogP contribution >= 0.6 is 0 Å². The minimum Gasteiger partial charge on any atom is -0.496 e. The van der Waals surface area contributed by atoms with Crippen molar-refractivity contribution in [2.75, 3.05) is 13.7 Å². The number of ether oxygens (including phenoxy) is 2. The van der Waals surface area contributed by atoms with Crippen LogP contribution in [0.4, 0.5) is 0 Å². The van der Waals surface area contributed by atoms with E-state index in [1.54, 1.807) is 35.9 Å². The van der Waals surface area contributed by atoms with Gasteiger partial charge in [-0.2, -0.15) is 5.10 Å². The number of Topliss-reactive ketones (excluding diaryl/α,β-unsaturated/α-hetero) is 1. The fourth-order valence-electron chi connectivity index (χ4n) is 3.06. The standard InChI is InChI=1S/C22H22N2O4/c1-15-21(16(2)24(23-15)13-17-9-5-4-6-10-17)22(26)28-14-19(25)18-11-7-8-12-20(18)27-3/h4-12H,13-14H2,1-3H3. The zero-order chi connectivity index (χ0) is 20.1. The molecule has 0 bridgehead atoms. The zero-order valence-electron chi connectivity index (χ0n) is 16.1. The summed E-state index contributed by atoms with van der Waals surface area (Å²) < 4.78 is 12.2. The van der Waals surface area contributed by atoms with Crippen molar-refractivity contribution in [2.24, 2.45) is 0 Å². The van der Waals surface area contributed by atoms with Crippen molar-refractivity contribution in [1.82, 2.24) is 9.78 Å². The summed E-state index contributed by atoms with van der Waals surface area (Å²) in [5.41, 5.74) is 3.13. The summed E-state index contributed by atoms with van der Waals surface area (Å²) in [4.78, 5) is 25.0. The molecule has 0 spiro atoms. The number of para-hydroxylation sites is 1. The first-order valence-corrected chi connectivity index (χ1v) is 8.92. The van der Waals surface area contributed by atoms with Gasteiger partial charge in [-0.1, -0.05) is 42.5 Å². The number of methoxy groups -OCH3 is 1. The summed E-state index contributed by atoms with van der Waals surface area (Å²) in [7, 11) is 1.49. The molecule has 0 saturated heterocycles. The van der Waals surface area contributed by atoms with Gasteiger partial charge in [0.05, 0.1) is 30.6 Å². The highest BCUT2D eigenvalue weighted by atomic mass is 16.5. The molecule has 3 rings (SSSR count). The van der Waals surface area contributed by atoms with Gasteiger partial charge in [0.25, 0.3) is 0 Å². The molecule has 2 aromatic carbocycles. The van der Waals surface area contributed by atoms with Crippen LogP contribution in [0.5, 0.6) is 5.75 Å². The van der Waals surface area contributed by atoms with Crippen LogP contribution in [0.25, 0.3) is 0 Å². The number of aromatic nitrogens is 2. The van der Waals surface area contributed by atoms with E-state index in [-0.39, 0.29) is 12.4 Å². The molecule has 28 heavy (non-hydrogen) atoms. The average Bonchev–Trinajstić information content (AvgIpc) is 2.99. The van der Waals surface area contributed by atoms with Crippen molar-refractivity contribution in [3.05, 3.63) is 82.7 Å². The van der Waals surface area contributed by atoms with Gasteiger partial charge in [-0.25, -0.2) is 4.79 Å². The Morgan fingerprint density at radius 2 is 1.68 bits per heavy atom. The number of carbonyl (C=O) groups is 2. The number of nitrogens with zero attached hydrogens (tertiary/aromatic N) is 2. The molecule has 6 nitrogen and oxygen atoms in total. The van der Waals surface area contributed by atoms with Gasteiger partial charge in [0, 0.05) is 0 Å². The maximum Gasteiger partial charge on any atom is 0.342 e. The van der Waals surface area contributed by atoms with Crippen molar-refractivity contribution >= 4 is 11.8 Å². The smallest absolute Gasteiger partial charge is 0.342 e. The zero-order valence-corrected chi connectivity index (χ0v) is 16.1. The number of rotatable bonds is 7. The Kier molecular flexibility index (Phi) is 5.89. The van der Waals surface area contributed by atoms with Gasteiger partial charge in [0.2, 0.25) is 5.78 Å². The molecule has 0 aliphatic heterocycles. The molecule has 0 N–H and O–H groups in total. The lowest BCUT2D eigenvalue weighted by molar-refractivity contribution is 0.0472. The van der Waals surface area contributed by atoms with Gasteiger partial charge in [-0.15, -0.1) is 0 Å². The van der Waals surface area contributed by atoms with Gasteiger partial charge in [0.1, 0.15) is 11.3 Å². The molecule has 0 aliphatic carbocycles. The Bertz CT molecular complexity index is 993. The Hall–Kier alpha value is -3.41. The third-order valence-electron chi connectivity index (χ3n) is 4.50. The maximum atomic E-state index is 12.6. The summed E-state index contributed by atoms with van der Waals surface area (Å²) in [6.45, 7) is 3.78. The summed E-state index contributed by atoms with van der Waals surface area (Å²) in [6.07, 6.45) is 0. The second-order valence-electron chi connectivity index (χ2n) is 6.39. The van der Waals surface area contributed by atoms with Gasteiger partial charge in [-0.3, -0.25) is 9.48 Å². The molecular formula is C22H22N2O4. The summed E-state index contributed by atoms with van der Waals surface area (Å²) in [5, 5.41) is 4.45. The molecule has 1 aromatic heterocycles.